The van der Waals surface area contributed by atoms with Crippen LogP contribution in [-0.2, 0) is 0 Å². The smallest absolute Gasteiger partial charge is 0.00799 e. The summed E-state index contributed by atoms with van der Waals surface area (Å²) in [5, 5.41) is 0. The Morgan fingerprint density at radius 3 is 2.00 bits per heavy atom. The first-order valence-corrected chi connectivity index (χ1v) is 1.77. The van der Waals surface area contributed by atoms with Crippen LogP contribution in [0.25, 0.3) is 0 Å². The van der Waals surface area contributed by atoms with Crippen molar-refractivity contribution < 1.29 is 0 Å². The predicted molar refractivity (Wildman–Crippen MR) is 31.6 cm³/mol. The standard InChI is InChI=1S/C3H6S.S/c1-2-3-4;/h2,4H,1,3H2;. The van der Waals surface area contributed by atoms with Gasteiger partial charge in [-0.15, -0.1) is 6.58 Å². The lowest BCUT2D eigenvalue weighted by atomic mass is 10.8. The molecular formula is C3H6S2. The first-order chi connectivity index (χ1) is 1.91. The molecule has 0 saturated carbocycles. The number of hydrogen-bond donors (Lipinski definition) is 1. The van der Waals surface area contributed by atoms with Gasteiger partial charge in [0.1, 0.15) is 0 Å². The molecule has 0 aliphatic heterocycles. The summed E-state index contributed by atoms with van der Waals surface area (Å²) in [6.07, 6.45) is 1.74. The maximum Gasteiger partial charge on any atom is 0.00799 e. The molecule has 2 heteroatoms. The van der Waals surface area contributed by atoms with Gasteiger partial charge in [0.2, 0.25) is 0 Å². The molecular weight excluding hydrogens is 100 g/mol. The van der Waals surface area contributed by atoms with E-state index in [1.807, 2.05) is 0 Å². The van der Waals surface area contributed by atoms with Crippen LogP contribution in [0.2, 0.25) is 0 Å². The summed E-state index contributed by atoms with van der Waals surface area (Å²) in [6.45, 7) is 3.40. The van der Waals surface area contributed by atoms with E-state index in [0.717, 1.165) is 5.75 Å². The van der Waals surface area contributed by atoms with Crippen molar-refractivity contribution in [3.05, 3.63) is 12.7 Å². The van der Waals surface area contributed by atoms with Gasteiger partial charge in [-0.25, -0.2) is 0 Å². The van der Waals surface area contributed by atoms with Crippen molar-refractivity contribution in [2.45, 2.75) is 0 Å². The highest BCUT2D eigenvalue weighted by atomic mass is 32.1. The Labute approximate surface area is 45.1 Å². The first-order valence-electron chi connectivity index (χ1n) is 1.13. The van der Waals surface area contributed by atoms with Gasteiger partial charge in [0.05, 0.1) is 0 Å². The van der Waals surface area contributed by atoms with Gasteiger partial charge < -0.3 is 0 Å². The van der Waals surface area contributed by atoms with E-state index in [1.54, 1.807) is 6.08 Å². The SMILES string of the molecule is C=CCS.[S]. The van der Waals surface area contributed by atoms with Crippen molar-refractivity contribution in [1.82, 2.24) is 0 Å². The van der Waals surface area contributed by atoms with Gasteiger partial charge in [-0.2, -0.15) is 12.6 Å². The van der Waals surface area contributed by atoms with Crippen LogP contribution in [0.1, 0.15) is 0 Å². The minimum absolute atomic E-state index is 0. The van der Waals surface area contributed by atoms with Crippen LogP contribution >= 0.6 is 26.1 Å². The fourth-order valence-electron chi connectivity index (χ4n) is 0. The summed E-state index contributed by atoms with van der Waals surface area (Å²) in [7, 11) is 0. The fraction of sp³-hybridized carbons (Fsp3) is 0.333. The van der Waals surface area contributed by atoms with Crippen LogP contribution in [0.3, 0.4) is 0 Å². The Hall–Kier alpha value is 0.440. The zero-order chi connectivity index (χ0) is 3.41. The van der Waals surface area contributed by atoms with Crippen molar-refractivity contribution in [3.63, 3.8) is 0 Å². The third-order valence-corrected chi connectivity index (χ3v) is 0.387. The van der Waals surface area contributed by atoms with Crippen LogP contribution in [-0.4, -0.2) is 5.75 Å². The summed E-state index contributed by atoms with van der Waals surface area (Å²) in [6, 6.07) is 0. The quantitative estimate of drug-likeness (QED) is 0.382. The molecule has 0 aliphatic rings. The second-order valence-electron chi connectivity index (χ2n) is 0.471. The van der Waals surface area contributed by atoms with E-state index in [0.29, 0.717) is 0 Å². The van der Waals surface area contributed by atoms with Gasteiger partial charge in [-0.05, 0) is 0 Å². The molecule has 0 amide bonds. The predicted octanol–water partition coefficient (Wildman–Crippen LogP) is 1.75. The third kappa shape index (κ3) is 12.7. The molecule has 5 heavy (non-hydrogen) atoms. The van der Waals surface area contributed by atoms with E-state index in [1.165, 1.54) is 0 Å². The number of thiol groups is 1. The largest absolute Gasteiger partial charge is 0.175 e. The van der Waals surface area contributed by atoms with Crippen LogP contribution in [0.15, 0.2) is 12.7 Å². The second kappa shape index (κ2) is 8.83. The molecule has 0 nitrogen and oxygen atoms in total. The van der Waals surface area contributed by atoms with Crippen LogP contribution in [0.5, 0.6) is 0 Å². The van der Waals surface area contributed by atoms with Crippen molar-refractivity contribution in [2.75, 3.05) is 5.75 Å². The highest BCUT2D eigenvalue weighted by molar-refractivity contribution is 7.80. The van der Waals surface area contributed by atoms with E-state index in [9.17, 15) is 0 Å². The Kier molecular flexibility index (Phi) is 16.0. The lowest BCUT2D eigenvalue weighted by Crippen LogP contribution is -1.45. The Balaban J connectivity index is 0. The zero-order valence-corrected chi connectivity index (χ0v) is 4.56. The monoisotopic (exact) mass is 106 g/mol. The Bertz CT molecular complexity index is 18.9. The number of hydrogen-bond acceptors (Lipinski definition) is 1. The molecule has 0 N–H and O–H groups in total. The fourth-order valence-corrected chi connectivity index (χ4v) is 0. The molecule has 2 radical (unpaired) electrons. The summed E-state index contributed by atoms with van der Waals surface area (Å²) in [4.78, 5) is 0. The molecule has 0 aromatic rings. The highest BCUT2D eigenvalue weighted by Crippen LogP contribution is 1.65. The normalized spacial score (nSPS) is 5.00. The van der Waals surface area contributed by atoms with Crippen LogP contribution < -0.4 is 0 Å². The van der Waals surface area contributed by atoms with Crippen molar-refractivity contribution in [2.24, 2.45) is 0 Å². The molecule has 0 aliphatic carbocycles. The molecule has 0 spiro atoms. The average Bonchev–Trinajstić information content (AvgIpc) is 1.37. The van der Waals surface area contributed by atoms with E-state index < -0.39 is 0 Å². The maximum atomic E-state index is 3.80. The molecule has 0 heterocycles. The Morgan fingerprint density at radius 1 is 1.80 bits per heavy atom. The van der Waals surface area contributed by atoms with Gasteiger partial charge in [0.25, 0.3) is 0 Å². The second-order valence-corrected chi connectivity index (χ2v) is 0.836. The maximum absolute atomic E-state index is 3.80. The van der Waals surface area contributed by atoms with Gasteiger partial charge >= 0.3 is 0 Å². The van der Waals surface area contributed by atoms with Gasteiger partial charge in [-0.1, -0.05) is 6.08 Å². The molecule has 0 aromatic carbocycles. The average molecular weight is 106 g/mol. The van der Waals surface area contributed by atoms with E-state index >= 15 is 0 Å². The summed E-state index contributed by atoms with van der Waals surface area (Å²) in [5.41, 5.74) is 0. The molecule has 0 atom stereocenters. The van der Waals surface area contributed by atoms with Crippen molar-refractivity contribution >= 4 is 26.1 Å². The minimum atomic E-state index is 0. The van der Waals surface area contributed by atoms with E-state index in [-0.39, 0.29) is 13.5 Å². The Morgan fingerprint density at radius 2 is 2.00 bits per heavy atom. The summed E-state index contributed by atoms with van der Waals surface area (Å²) < 4.78 is 0. The van der Waals surface area contributed by atoms with E-state index in [2.05, 4.69) is 19.2 Å². The lowest BCUT2D eigenvalue weighted by molar-refractivity contribution is 1.85. The van der Waals surface area contributed by atoms with Crippen molar-refractivity contribution in [1.29, 1.82) is 0 Å². The van der Waals surface area contributed by atoms with Gasteiger partial charge in [-0.3, -0.25) is 0 Å². The van der Waals surface area contributed by atoms with Crippen LogP contribution in [0.4, 0.5) is 0 Å². The molecule has 0 bridgehead atoms. The molecule has 0 saturated heterocycles. The number of rotatable bonds is 1. The lowest BCUT2D eigenvalue weighted by Gasteiger charge is -1.57. The highest BCUT2D eigenvalue weighted by Gasteiger charge is 1.45. The summed E-state index contributed by atoms with van der Waals surface area (Å²) in [5.74, 6) is 0.778. The third-order valence-electron chi connectivity index (χ3n) is 0.129. The molecule has 0 aromatic heterocycles. The van der Waals surface area contributed by atoms with Crippen LogP contribution in [0, 0.1) is 0 Å². The molecule has 0 fully saturated rings. The topological polar surface area (TPSA) is 0 Å². The van der Waals surface area contributed by atoms with Gasteiger partial charge in [0, 0.05) is 19.2 Å². The minimum Gasteiger partial charge on any atom is -0.175 e. The van der Waals surface area contributed by atoms with Crippen molar-refractivity contribution in [3.8, 4) is 0 Å². The van der Waals surface area contributed by atoms with Gasteiger partial charge in [0.15, 0.2) is 0 Å². The summed E-state index contributed by atoms with van der Waals surface area (Å²) >= 11 is 3.80. The zero-order valence-electron chi connectivity index (χ0n) is 2.85. The molecule has 0 unspecified atom stereocenters. The molecule has 30 valence electrons. The first kappa shape index (κ1) is 9.06. The molecule has 0 rings (SSSR count). The van der Waals surface area contributed by atoms with E-state index in [4.69, 9.17) is 0 Å².